The Bertz CT molecular complexity index is 563. The van der Waals surface area contributed by atoms with Crippen molar-refractivity contribution in [3.05, 3.63) is 35.9 Å². The molecule has 1 heterocycles. The third-order valence-corrected chi connectivity index (χ3v) is 2.75. The first-order chi connectivity index (χ1) is 8.52. The summed E-state index contributed by atoms with van der Waals surface area (Å²) in [7, 11) is 1.42. The Morgan fingerprint density at radius 2 is 2.11 bits per heavy atom. The largest absolute Gasteiger partial charge is 0.494 e. The normalized spacial score (nSPS) is 10.9. The van der Waals surface area contributed by atoms with E-state index in [1.165, 1.54) is 13.2 Å². The van der Waals surface area contributed by atoms with Crippen molar-refractivity contribution in [3.63, 3.8) is 0 Å². The molecule has 0 amide bonds. The first kappa shape index (κ1) is 12.4. The van der Waals surface area contributed by atoms with E-state index in [0.29, 0.717) is 17.3 Å². The van der Waals surface area contributed by atoms with E-state index in [2.05, 4.69) is 18.9 Å². The predicted molar refractivity (Wildman–Crippen MR) is 68.6 cm³/mol. The molecule has 0 aliphatic carbocycles. The van der Waals surface area contributed by atoms with Crippen LogP contribution in [-0.2, 0) is 0 Å². The summed E-state index contributed by atoms with van der Waals surface area (Å²) in [5, 5.41) is 4.40. The number of benzene rings is 1. The van der Waals surface area contributed by atoms with Gasteiger partial charge < -0.3 is 10.5 Å². The van der Waals surface area contributed by atoms with E-state index in [0.717, 1.165) is 5.69 Å². The second-order valence-electron chi connectivity index (χ2n) is 4.39. The van der Waals surface area contributed by atoms with Crippen molar-refractivity contribution in [1.82, 2.24) is 9.78 Å². The molecule has 1 aromatic carbocycles. The quantitative estimate of drug-likeness (QED) is 0.851. The standard InChI is InChI=1S/C13H16FN3O/c1-8(2)11-4-5-17(16-11)12-7-13(18-3)9(14)6-10(12)15/h4-8H,15H2,1-3H3. The molecule has 0 aliphatic heterocycles. The molecule has 1 aromatic heterocycles. The van der Waals surface area contributed by atoms with E-state index in [4.69, 9.17) is 10.5 Å². The third kappa shape index (κ3) is 2.16. The minimum absolute atomic E-state index is 0.154. The molecule has 2 N–H and O–H groups in total. The van der Waals surface area contributed by atoms with Crippen LogP contribution in [0.15, 0.2) is 24.4 Å². The Morgan fingerprint density at radius 1 is 1.39 bits per heavy atom. The molecule has 0 atom stereocenters. The van der Waals surface area contributed by atoms with Crippen molar-refractivity contribution in [2.24, 2.45) is 0 Å². The number of nitrogens with two attached hydrogens (primary N) is 1. The van der Waals surface area contributed by atoms with Gasteiger partial charge in [0.2, 0.25) is 0 Å². The average Bonchev–Trinajstić information content (AvgIpc) is 2.78. The highest BCUT2D eigenvalue weighted by Crippen LogP contribution is 2.27. The van der Waals surface area contributed by atoms with Crippen molar-refractivity contribution < 1.29 is 9.13 Å². The fourth-order valence-corrected chi connectivity index (χ4v) is 1.69. The number of hydrogen-bond acceptors (Lipinski definition) is 3. The Labute approximate surface area is 105 Å². The molecule has 96 valence electrons. The van der Waals surface area contributed by atoms with Crippen molar-refractivity contribution in [2.75, 3.05) is 12.8 Å². The summed E-state index contributed by atoms with van der Waals surface area (Å²) >= 11 is 0. The van der Waals surface area contributed by atoms with Crippen LogP contribution in [0.3, 0.4) is 0 Å². The summed E-state index contributed by atoms with van der Waals surface area (Å²) in [6.45, 7) is 4.11. The molecule has 2 rings (SSSR count). The molecule has 0 unspecified atom stereocenters. The Morgan fingerprint density at radius 3 is 2.67 bits per heavy atom. The summed E-state index contributed by atoms with van der Waals surface area (Å²) in [5.74, 6) is 0.00519. The maximum Gasteiger partial charge on any atom is 0.167 e. The first-order valence-corrected chi connectivity index (χ1v) is 5.72. The number of aromatic nitrogens is 2. The van der Waals surface area contributed by atoms with Crippen LogP contribution < -0.4 is 10.5 Å². The number of methoxy groups -OCH3 is 1. The number of rotatable bonds is 3. The van der Waals surface area contributed by atoms with Crippen molar-refractivity contribution >= 4 is 5.69 Å². The fourth-order valence-electron chi connectivity index (χ4n) is 1.69. The van der Waals surface area contributed by atoms with Crippen LogP contribution in [0.1, 0.15) is 25.5 Å². The second kappa shape index (κ2) is 4.68. The highest BCUT2D eigenvalue weighted by molar-refractivity contribution is 5.60. The van der Waals surface area contributed by atoms with Crippen LogP contribution in [0.5, 0.6) is 5.75 Å². The molecule has 4 nitrogen and oxygen atoms in total. The zero-order chi connectivity index (χ0) is 13.3. The van der Waals surface area contributed by atoms with Gasteiger partial charge in [0.1, 0.15) is 0 Å². The first-order valence-electron chi connectivity index (χ1n) is 5.72. The Hall–Kier alpha value is -2.04. The lowest BCUT2D eigenvalue weighted by Gasteiger charge is -2.09. The lowest BCUT2D eigenvalue weighted by molar-refractivity contribution is 0.386. The van der Waals surface area contributed by atoms with Gasteiger partial charge in [-0.25, -0.2) is 9.07 Å². The van der Waals surface area contributed by atoms with Crippen LogP contribution in [-0.4, -0.2) is 16.9 Å². The van der Waals surface area contributed by atoms with E-state index < -0.39 is 5.82 Å². The number of halogens is 1. The van der Waals surface area contributed by atoms with Gasteiger partial charge in [0.05, 0.1) is 24.2 Å². The fraction of sp³-hybridized carbons (Fsp3) is 0.308. The van der Waals surface area contributed by atoms with E-state index in [-0.39, 0.29) is 5.75 Å². The molecule has 0 aliphatic rings. The van der Waals surface area contributed by atoms with Crippen LogP contribution in [0.25, 0.3) is 5.69 Å². The smallest absolute Gasteiger partial charge is 0.167 e. The van der Waals surface area contributed by atoms with Gasteiger partial charge in [-0.15, -0.1) is 0 Å². The zero-order valence-electron chi connectivity index (χ0n) is 10.6. The average molecular weight is 249 g/mol. The van der Waals surface area contributed by atoms with Crippen molar-refractivity contribution in [3.8, 4) is 11.4 Å². The van der Waals surface area contributed by atoms with E-state index >= 15 is 0 Å². The number of anilines is 1. The monoisotopic (exact) mass is 249 g/mol. The maximum absolute atomic E-state index is 13.4. The third-order valence-electron chi connectivity index (χ3n) is 2.75. The van der Waals surface area contributed by atoms with Gasteiger partial charge in [-0.05, 0) is 12.0 Å². The minimum atomic E-state index is -0.477. The molecule has 18 heavy (non-hydrogen) atoms. The summed E-state index contributed by atoms with van der Waals surface area (Å²) in [4.78, 5) is 0. The molecule has 2 aromatic rings. The molecule has 0 spiro atoms. The zero-order valence-corrected chi connectivity index (χ0v) is 10.6. The van der Waals surface area contributed by atoms with Crippen LogP contribution in [0, 0.1) is 5.82 Å². The number of hydrogen-bond donors (Lipinski definition) is 1. The van der Waals surface area contributed by atoms with Crippen LogP contribution >= 0.6 is 0 Å². The van der Waals surface area contributed by atoms with E-state index in [9.17, 15) is 4.39 Å². The number of nitrogens with zero attached hydrogens (tertiary/aromatic N) is 2. The summed E-state index contributed by atoms with van der Waals surface area (Å²) < 4.78 is 20.0. The lowest BCUT2D eigenvalue weighted by Crippen LogP contribution is -2.03. The van der Waals surface area contributed by atoms with Crippen molar-refractivity contribution in [1.29, 1.82) is 0 Å². The van der Waals surface area contributed by atoms with Gasteiger partial charge in [-0.3, -0.25) is 0 Å². The van der Waals surface area contributed by atoms with E-state index in [1.54, 1.807) is 16.9 Å². The highest BCUT2D eigenvalue weighted by atomic mass is 19.1. The molecule has 0 radical (unpaired) electrons. The SMILES string of the molecule is COc1cc(-n2ccc(C(C)C)n2)c(N)cc1F. The molecule has 0 bridgehead atoms. The van der Waals surface area contributed by atoms with Gasteiger partial charge in [0, 0.05) is 18.3 Å². The minimum Gasteiger partial charge on any atom is -0.494 e. The van der Waals surface area contributed by atoms with Crippen molar-refractivity contribution in [2.45, 2.75) is 19.8 Å². The molecular weight excluding hydrogens is 233 g/mol. The summed E-state index contributed by atoms with van der Waals surface area (Å²) in [5.41, 5.74) is 7.70. The molecule has 0 fully saturated rings. The topological polar surface area (TPSA) is 53.1 Å². The summed E-state index contributed by atoms with van der Waals surface area (Å²) in [6.07, 6.45) is 1.80. The summed E-state index contributed by atoms with van der Waals surface area (Å²) in [6, 6.07) is 4.70. The molecule has 0 saturated carbocycles. The molecular formula is C13H16FN3O. The second-order valence-corrected chi connectivity index (χ2v) is 4.39. The number of ether oxygens (including phenoxy) is 1. The maximum atomic E-state index is 13.4. The predicted octanol–water partition coefficient (Wildman–Crippen LogP) is 2.73. The van der Waals surface area contributed by atoms with E-state index in [1.807, 2.05) is 6.07 Å². The highest BCUT2D eigenvalue weighted by Gasteiger charge is 2.11. The van der Waals surface area contributed by atoms with Gasteiger partial charge in [0.25, 0.3) is 0 Å². The van der Waals surface area contributed by atoms with Crippen LogP contribution in [0.2, 0.25) is 0 Å². The van der Waals surface area contributed by atoms with Gasteiger partial charge in [0.15, 0.2) is 11.6 Å². The number of nitrogen functional groups attached to an aromatic ring is 1. The molecule has 5 heteroatoms. The lowest BCUT2D eigenvalue weighted by atomic mass is 10.1. The molecule has 0 saturated heterocycles. The Kier molecular flexibility index (Phi) is 3.23. The van der Waals surface area contributed by atoms with Gasteiger partial charge in [-0.1, -0.05) is 13.8 Å². The van der Waals surface area contributed by atoms with Gasteiger partial charge in [-0.2, -0.15) is 5.10 Å². The van der Waals surface area contributed by atoms with Gasteiger partial charge >= 0.3 is 0 Å². The Balaban J connectivity index is 2.49. The van der Waals surface area contributed by atoms with Crippen LogP contribution in [0.4, 0.5) is 10.1 Å².